The summed E-state index contributed by atoms with van der Waals surface area (Å²) >= 11 is 12.2. The fourth-order valence-electron chi connectivity index (χ4n) is 3.27. The molecule has 1 aliphatic carbocycles. The monoisotopic (exact) mass is 299 g/mol. The van der Waals surface area contributed by atoms with Crippen LogP contribution >= 0.6 is 23.2 Å². The zero-order valence-electron chi connectivity index (χ0n) is 11.8. The maximum absolute atomic E-state index is 6.17. The maximum Gasteiger partial charge on any atom is 0.0595 e. The molecule has 0 aromatic heterocycles. The zero-order chi connectivity index (χ0) is 13.8. The Balaban J connectivity index is 2.20. The molecule has 106 valence electrons. The van der Waals surface area contributed by atoms with Gasteiger partial charge in [-0.2, -0.15) is 0 Å². The van der Waals surface area contributed by atoms with Gasteiger partial charge < -0.3 is 5.32 Å². The third-order valence-corrected chi connectivity index (χ3v) is 4.91. The van der Waals surface area contributed by atoms with Gasteiger partial charge in [-0.3, -0.25) is 0 Å². The molecule has 0 bridgehead atoms. The molecule has 0 amide bonds. The highest BCUT2D eigenvalue weighted by Gasteiger charge is 2.27. The van der Waals surface area contributed by atoms with Gasteiger partial charge in [0, 0.05) is 6.04 Å². The summed E-state index contributed by atoms with van der Waals surface area (Å²) in [7, 11) is 0. The predicted molar refractivity (Wildman–Crippen MR) is 84.0 cm³/mol. The van der Waals surface area contributed by atoms with Gasteiger partial charge in [0.25, 0.3) is 0 Å². The van der Waals surface area contributed by atoms with Gasteiger partial charge >= 0.3 is 0 Å². The molecular weight excluding hydrogens is 277 g/mol. The first-order chi connectivity index (χ1) is 9.11. The van der Waals surface area contributed by atoms with Crippen molar-refractivity contribution in [3.05, 3.63) is 33.8 Å². The van der Waals surface area contributed by atoms with Crippen molar-refractivity contribution < 1.29 is 0 Å². The van der Waals surface area contributed by atoms with Crippen LogP contribution in [0.15, 0.2) is 18.2 Å². The smallest absolute Gasteiger partial charge is 0.0595 e. The standard InChI is InChI=1S/C16H23Cl2N/c1-3-19-16(12-6-4-5-11(2)9-12)13-7-8-14(17)15(18)10-13/h7-8,10-12,16,19H,3-6,9H2,1-2H3. The van der Waals surface area contributed by atoms with E-state index in [0.717, 1.165) is 12.5 Å². The number of hydrogen-bond acceptors (Lipinski definition) is 1. The molecule has 0 radical (unpaired) electrons. The summed E-state index contributed by atoms with van der Waals surface area (Å²) in [6, 6.07) is 6.45. The van der Waals surface area contributed by atoms with Gasteiger partial charge in [0.2, 0.25) is 0 Å². The van der Waals surface area contributed by atoms with Gasteiger partial charge in [-0.1, -0.05) is 56.0 Å². The van der Waals surface area contributed by atoms with E-state index in [1.54, 1.807) is 0 Å². The van der Waals surface area contributed by atoms with E-state index in [4.69, 9.17) is 23.2 Å². The Bertz CT molecular complexity index is 419. The van der Waals surface area contributed by atoms with Crippen LogP contribution in [0.3, 0.4) is 0 Å². The van der Waals surface area contributed by atoms with Crippen molar-refractivity contribution in [3.63, 3.8) is 0 Å². The SMILES string of the molecule is CCNC(c1ccc(Cl)c(Cl)c1)C1CCCC(C)C1. The van der Waals surface area contributed by atoms with Crippen LogP contribution in [0.5, 0.6) is 0 Å². The van der Waals surface area contributed by atoms with Crippen molar-refractivity contribution in [2.75, 3.05) is 6.54 Å². The topological polar surface area (TPSA) is 12.0 Å². The maximum atomic E-state index is 6.17. The highest BCUT2D eigenvalue weighted by Crippen LogP contribution is 2.38. The van der Waals surface area contributed by atoms with Gasteiger partial charge in [-0.25, -0.2) is 0 Å². The molecular formula is C16H23Cl2N. The summed E-state index contributed by atoms with van der Waals surface area (Å²) in [5.74, 6) is 1.55. The Morgan fingerprint density at radius 1 is 1.26 bits per heavy atom. The largest absolute Gasteiger partial charge is 0.310 e. The lowest BCUT2D eigenvalue weighted by Gasteiger charge is -2.34. The van der Waals surface area contributed by atoms with E-state index in [1.165, 1.54) is 31.2 Å². The number of nitrogens with one attached hydrogen (secondary N) is 1. The van der Waals surface area contributed by atoms with Crippen molar-refractivity contribution in [2.24, 2.45) is 11.8 Å². The van der Waals surface area contributed by atoms with Crippen molar-refractivity contribution in [3.8, 4) is 0 Å². The molecule has 0 heterocycles. The molecule has 3 heteroatoms. The molecule has 0 spiro atoms. The molecule has 3 unspecified atom stereocenters. The van der Waals surface area contributed by atoms with Crippen molar-refractivity contribution in [1.82, 2.24) is 5.32 Å². The molecule has 3 atom stereocenters. The molecule has 19 heavy (non-hydrogen) atoms. The average molecular weight is 300 g/mol. The van der Waals surface area contributed by atoms with Gasteiger partial charge in [-0.05, 0) is 48.9 Å². The highest BCUT2D eigenvalue weighted by molar-refractivity contribution is 6.42. The van der Waals surface area contributed by atoms with Crippen molar-refractivity contribution in [2.45, 2.75) is 45.6 Å². The van der Waals surface area contributed by atoms with E-state index in [2.05, 4.69) is 25.2 Å². The lowest BCUT2D eigenvalue weighted by Crippen LogP contribution is -2.31. The van der Waals surface area contributed by atoms with E-state index in [9.17, 15) is 0 Å². The minimum absolute atomic E-state index is 0.405. The number of hydrogen-bond donors (Lipinski definition) is 1. The Kier molecular flexibility index (Phi) is 5.56. The predicted octanol–water partition coefficient (Wildman–Crippen LogP) is 5.47. The van der Waals surface area contributed by atoms with Crippen LogP contribution in [0, 0.1) is 11.8 Å². The van der Waals surface area contributed by atoms with Crippen molar-refractivity contribution in [1.29, 1.82) is 0 Å². The molecule has 0 saturated heterocycles. The van der Waals surface area contributed by atoms with E-state index in [1.807, 2.05) is 12.1 Å². The fourth-order valence-corrected chi connectivity index (χ4v) is 3.57. The molecule has 1 fully saturated rings. The summed E-state index contributed by atoms with van der Waals surface area (Å²) in [5, 5.41) is 4.93. The minimum atomic E-state index is 0.405. The molecule has 1 aromatic rings. The Labute approximate surface area is 126 Å². The van der Waals surface area contributed by atoms with E-state index in [-0.39, 0.29) is 0 Å². The summed E-state index contributed by atoms with van der Waals surface area (Å²) in [6.45, 7) is 5.51. The summed E-state index contributed by atoms with van der Waals surface area (Å²) in [4.78, 5) is 0. The zero-order valence-corrected chi connectivity index (χ0v) is 13.3. The highest BCUT2D eigenvalue weighted by atomic mass is 35.5. The van der Waals surface area contributed by atoms with Crippen LogP contribution in [0.2, 0.25) is 10.0 Å². The summed E-state index contributed by atoms with van der Waals surface area (Å²) in [6.07, 6.45) is 5.33. The molecule has 1 aliphatic rings. The lowest BCUT2D eigenvalue weighted by molar-refractivity contribution is 0.225. The van der Waals surface area contributed by atoms with Gasteiger partial charge in [0.05, 0.1) is 10.0 Å². The second kappa shape index (κ2) is 6.97. The third kappa shape index (κ3) is 3.87. The first-order valence-corrected chi connectivity index (χ1v) is 8.05. The van der Waals surface area contributed by atoms with E-state index < -0.39 is 0 Å². The third-order valence-electron chi connectivity index (χ3n) is 4.18. The number of rotatable bonds is 4. The molecule has 2 rings (SSSR count). The summed E-state index contributed by atoms with van der Waals surface area (Å²) in [5.41, 5.74) is 1.27. The molecule has 1 nitrogen and oxygen atoms in total. The van der Waals surface area contributed by atoms with E-state index in [0.29, 0.717) is 22.0 Å². The lowest BCUT2D eigenvalue weighted by atomic mass is 9.76. The molecule has 1 aromatic carbocycles. The average Bonchev–Trinajstić information content (AvgIpc) is 2.39. The van der Waals surface area contributed by atoms with Gasteiger partial charge in [0.1, 0.15) is 0 Å². The van der Waals surface area contributed by atoms with E-state index >= 15 is 0 Å². The molecule has 1 N–H and O–H groups in total. The number of halogens is 2. The Morgan fingerprint density at radius 3 is 2.68 bits per heavy atom. The van der Waals surface area contributed by atoms with Crippen LogP contribution < -0.4 is 5.32 Å². The van der Waals surface area contributed by atoms with Crippen LogP contribution in [0.4, 0.5) is 0 Å². The van der Waals surface area contributed by atoms with Crippen LogP contribution in [0.1, 0.15) is 51.1 Å². The quantitative estimate of drug-likeness (QED) is 0.777. The molecule has 0 aliphatic heterocycles. The van der Waals surface area contributed by atoms with Crippen LogP contribution in [-0.2, 0) is 0 Å². The first-order valence-electron chi connectivity index (χ1n) is 7.30. The minimum Gasteiger partial charge on any atom is -0.310 e. The second-order valence-corrected chi connectivity index (χ2v) is 6.56. The van der Waals surface area contributed by atoms with Gasteiger partial charge in [-0.15, -0.1) is 0 Å². The first kappa shape index (κ1) is 15.2. The van der Waals surface area contributed by atoms with Crippen molar-refractivity contribution >= 4 is 23.2 Å². The van der Waals surface area contributed by atoms with Gasteiger partial charge in [0.15, 0.2) is 0 Å². The normalized spacial score (nSPS) is 25.3. The Hall–Kier alpha value is -0.240. The fraction of sp³-hybridized carbons (Fsp3) is 0.625. The van der Waals surface area contributed by atoms with Crippen LogP contribution in [-0.4, -0.2) is 6.54 Å². The van der Waals surface area contributed by atoms with Crippen LogP contribution in [0.25, 0.3) is 0 Å². The molecule has 1 saturated carbocycles. The number of benzene rings is 1. The second-order valence-electron chi connectivity index (χ2n) is 5.74. The Morgan fingerprint density at radius 2 is 2.05 bits per heavy atom. The summed E-state index contributed by atoms with van der Waals surface area (Å²) < 4.78 is 0.